The normalized spacial score (nSPS) is 23.1. The van der Waals surface area contributed by atoms with E-state index in [-0.39, 0.29) is 78.4 Å². The van der Waals surface area contributed by atoms with E-state index in [1.165, 1.54) is 36.4 Å². The first kappa shape index (κ1) is 56.1. The molecule has 6 fully saturated rings. The summed E-state index contributed by atoms with van der Waals surface area (Å²) in [5.74, 6) is -0.383. The Morgan fingerprint density at radius 2 is 1.46 bits per heavy atom. The van der Waals surface area contributed by atoms with Crippen LogP contribution in [0.15, 0.2) is 49.3 Å². The maximum atomic E-state index is 13.6. The number of nitrogens with one attached hydrogen (secondary N) is 3. The first-order valence-corrected chi connectivity index (χ1v) is 26.7. The zero-order chi connectivity index (χ0) is 56.2. The minimum absolute atomic E-state index is 0.116. The highest BCUT2D eigenvalue weighted by atomic mass is 16.7. The predicted octanol–water partition coefficient (Wildman–Crippen LogP) is 5.61. The van der Waals surface area contributed by atoms with Crippen LogP contribution in [0.4, 0.5) is 4.79 Å². The first-order valence-electron chi connectivity index (χ1n) is 26.7. The number of H-pyrrole nitrogens is 2. The van der Waals surface area contributed by atoms with Gasteiger partial charge in [-0.1, -0.05) is 26.0 Å². The van der Waals surface area contributed by atoms with E-state index in [4.69, 9.17) is 38.6 Å². The number of hydrogen-bond acceptors (Lipinski definition) is 16. The van der Waals surface area contributed by atoms with E-state index in [1.54, 1.807) is 37.8 Å². The molecule has 3 saturated heterocycles. The molecule has 7 aliphatic rings. The molecule has 2 bridgehead atoms. The van der Waals surface area contributed by atoms with Gasteiger partial charge in [0.05, 0.1) is 74.3 Å². The average Bonchev–Trinajstić information content (AvgIpc) is 4.27. The average molecular weight is 1080 g/mol. The van der Waals surface area contributed by atoms with Gasteiger partial charge in [0.1, 0.15) is 57.8 Å². The molecule has 3 amide bonds. The third-order valence-electron chi connectivity index (χ3n) is 15.9. The standard InChI is InChI=1S/C37H53BN4O8.C17H19BN4O6/c1-21-22(13-14-38-49-28-16-23-15-27(36(23,8)9)37(28,10)50-38)11-12-26(29(21)32(44)47-34(2,3)4)46-24-18-42(19-24)31(43)30(25-17-39-20-40-25)41-33(45)48-35(5,6)7;19-14(11-5-20-8-21-11)16(23)22-6-10(7-22)27-12-2-1-9-3-4-18(26)28-15(9)13(12)17(24)25/h11-12,17,20,23-24,27-28,30H,13-16,18-19H2,1-10H3,(H,39,40)(H,41,45);1-2,5,8,10,14,26H,3-4,6-7,19H2,(H,20,21)(H,24,25)/t23-,27-,28+,30+,37-;14-/m01/s1. The van der Waals surface area contributed by atoms with Crippen LogP contribution in [0.25, 0.3) is 0 Å². The number of ether oxygens (including phenoxy) is 4. The van der Waals surface area contributed by atoms with Crippen LogP contribution < -0.4 is 25.2 Å². The molecule has 0 spiro atoms. The number of fused-ring (bicyclic) bond motifs is 1. The number of carboxylic acid groups (broad SMARTS) is 1. The second kappa shape index (κ2) is 21.6. The number of esters is 1. The van der Waals surface area contributed by atoms with Crippen molar-refractivity contribution in [2.45, 2.75) is 155 Å². The van der Waals surface area contributed by atoms with Gasteiger partial charge in [-0.25, -0.2) is 24.4 Å². The number of carbonyl (C=O) groups is 5. The SMILES string of the molecule is Cc1c(CCB2O[C@@H]3C[C@@H]4C[C@@H](C4(C)C)[C@]3(C)O2)ccc(OC2CN(C(=O)[C@H](NC(=O)OC(C)(C)C)c3cnc[nH]3)C2)c1C(=O)OC(C)(C)C.N[C@@H](C(=O)N1CC(Oc2ccc3c(c2C(=O)O)OB(O)CC3)C1)c1cnc[nH]1. The van der Waals surface area contributed by atoms with E-state index >= 15 is 0 Å². The second-order valence-corrected chi connectivity index (χ2v) is 24.0. The summed E-state index contributed by atoms with van der Waals surface area (Å²) in [6.45, 7) is 20.7. The molecule has 418 valence electrons. The molecule has 3 aliphatic carbocycles. The molecule has 3 saturated carbocycles. The molecule has 11 rings (SSSR count). The van der Waals surface area contributed by atoms with Gasteiger partial charge in [0.15, 0.2) is 6.04 Å². The summed E-state index contributed by atoms with van der Waals surface area (Å²) in [5, 5.41) is 22.0. The van der Waals surface area contributed by atoms with E-state index in [9.17, 15) is 34.1 Å². The van der Waals surface area contributed by atoms with Gasteiger partial charge >= 0.3 is 32.3 Å². The third kappa shape index (κ3) is 11.7. The number of imidazole rings is 2. The molecule has 0 radical (unpaired) electrons. The lowest BCUT2D eigenvalue weighted by atomic mass is 9.43. The van der Waals surface area contributed by atoms with Gasteiger partial charge in [-0.3, -0.25) is 9.59 Å². The second-order valence-electron chi connectivity index (χ2n) is 24.0. The van der Waals surface area contributed by atoms with E-state index in [0.29, 0.717) is 78.7 Å². The number of aromatic carboxylic acids is 1. The van der Waals surface area contributed by atoms with E-state index in [1.807, 2.05) is 39.8 Å². The van der Waals surface area contributed by atoms with Gasteiger partial charge in [-0.15, -0.1) is 0 Å². The fourth-order valence-electron chi connectivity index (χ4n) is 11.6. The maximum Gasteiger partial charge on any atom is 0.522 e. The van der Waals surface area contributed by atoms with Crippen molar-refractivity contribution in [3.63, 3.8) is 0 Å². The van der Waals surface area contributed by atoms with Crippen LogP contribution in [0.2, 0.25) is 12.6 Å². The molecule has 7 N–H and O–H groups in total. The summed E-state index contributed by atoms with van der Waals surface area (Å²) in [7, 11) is -1.34. The number of alkyl carbamates (subject to hydrolysis) is 1. The fraction of sp³-hybridized carbons (Fsp3) is 0.574. The Balaban J connectivity index is 0.000000222. The number of aromatic nitrogens is 4. The van der Waals surface area contributed by atoms with Gasteiger partial charge in [0.2, 0.25) is 5.91 Å². The summed E-state index contributed by atoms with van der Waals surface area (Å²) >= 11 is 0. The molecule has 78 heavy (non-hydrogen) atoms. The minimum Gasteiger partial charge on any atom is -0.535 e. The van der Waals surface area contributed by atoms with Gasteiger partial charge in [-0.05, 0) is 140 Å². The number of nitrogens with two attached hydrogens (primary N) is 1. The topological polar surface area (TPSA) is 292 Å². The molecule has 24 heteroatoms. The summed E-state index contributed by atoms with van der Waals surface area (Å²) in [5.41, 5.74) is 8.22. The van der Waals surface area contributed by atoms with Crippen molar-refractivity contribution in [1.82, 2.24) is 35.1 Å². The highest BCUT2D eigenvalue weighted by Crippen LogP contribution is 2.66. The Labute approximate surface area is 454 Å². The quantitative estimate of drug-likeness (QED) is 0.0660. The van der Waals surface area contributed by atoms with E-state index in [0.717, 1.165) is 17.5 Å². The summed E-state index contributed by atoms with van der Waals surface area (Å²) < 4.78 is 41.8. The Morgan fingerprint density at radius 3 is 2.05 bits per heavy atom. The minimum atomic E-state index is -1.20. The van der Waals surface area contributed by atoms with Crippen molar-refractivity contribution in [3.8, 4) is 17.2 Å². The van der Waals surface area contributed by atoms with Crippen LogP contribution in [0, 0.1) is 24.2 Å². The molecular formula is C54H72B2N8O14. The van der Waals surface area contributed by atoms with Gasteiger partial charge < -0.3 is 73.9 Å². The number of aromatic amines is 2. The lowest BCUT2D eigenvalue weighted by Crippen LogP contribution is -2.65. The van der Waals surface area contributed by atoms with E-state index in [2.05, 4.69) is 46.0 Å². The number of rotatable bonds is 14. The highest BCUT2D eigenvalue weighted by molar-refractivity contribution is 6.45. The molecule has 4 aliphatic heterocycles. The number of likely N-dealkylation sites (tertiary alicyclic amines) is 2. The van der Waals surface area contributed by atoms with Crippen molar-refractivity contribution in [1.29, 1.82) is 0 Å². The summed E-state index contributed by atoms with van der Waals surface area (Å²) in [4.78, 5) is 80.6. The summed E-state index contributed by atoms with van der Waals surface area (Å²) in [6.07, 6.45) is 9.08. The van der Waals surface area contributed by atoms with Gasteiger partial charge in [0, 0.05) is 0 Å². The van der Waals surface area contributed by atoms with Crippen LogP contribution in [0.1, 0.15) is 136 Å². The fourth-order valence-corrected chi connectivity index (χ4v) is 11.6. The van der Waals surface area contributed by atoms with E-state index < -0.39 is 48.4 Å². The van der Waals surface area contributed by atoms with Crippen molar-refractivity contribution in [3.05, 3.63) is 88.5 Å². The molecule has 4 aromatic rings. The Hall–Kier alpha value is -6.62. The number of hydrogen-bond donors (Lipinski definition) is 6. The lowest BCUT2D eigenvalue weighted by Gasteiger charge is -2.64. The predicted molar refractivity (Wildman–Crippen MR) is 284 cm³/mol. The third-order valence-corrected chi connectivity index (χ3v) is 15.9. The largest absolute Gasteiger partial charge is 0.535 e. The number of amides is 3. The Bertz CT molecular complexity index is 2880. The number of aryl methyl sites for hydroxylation is 2. The van der Waals surface area contributed by atoms with Crippen LogP contribution in [-0.2, 0) is 41.2 Å². The molecule has 6 heterocycles. The molecule has 2 aromatic heterocycles. The Kier molecular flexibility index (Phi) is 15.5. The van der Waals surface area contributed by atoms with Crippen LogP contribution in [-0.4, -0.2) is 145 Å². The number of benzene rings is 2. The number of carboxylic acids is 1. The molecule has 22 nitrogen and oxygen atoms in total. The monoisotopic (exact) mass is 1080 g/mol. The summed E-state index contributed by atoms with van der Waals surface area (Å²) in [6, 6.07) is 5.28. The molecule has 2 aromatic carbocycles. The van der Waals surface area contributed by atoms with Crippen molar-refractivity contribution in [2.75, 3.05) is 26.2 Å². The van der Waals surface area contributed by atoms with Crippen LogP contribution in [0.5, 0.6) is 17.2 Å². The van der Waals surface area contributed by atoms with Gasteiger partial charge in [-0.2, -0.15) is 0 Å². The van der Waals surface area contributed by atoms with Crippen molar-refractivity contribution < 1.29 is 67.0 Å². The smallest absolute Gasteiger partial charge is 0.522 e. The Morgan fingerprint density at radius 1 is 0.859 bits per heavy atom. The molecular weight excluding hydrogens is 1010 g/mol. The lowest BCUT2D eigenvalue weighted by molar-refractivity contribution is -0.199. The van der Waals surface area contributed by atoms with Gasteiger partial charge in [0.25, 0.3) is 5.91 Å². The highest BCUT2D eigenvalue weighted by Gasteiger charge is 2.67. The first-order chi connectivity index (χ1) is 36.7. The van der Waals surface area contributed by atoms with Crippen LogP contribution in [0.3, 0.4) is 0 Å². The number of nitrogens with zero attached hydrogens (tertiary/aromatic N) is 4. The van der Waals surface area contributed by atoms with Crippen molar-refractivity contribution in [2.24, 2.45) is 23.0 Å². The van der Waals surface area contributed by atoms with Crippen LogP contribution >= 0.6 is 0 Å². The zero-order valence-corrected chi connectivity index (χ0v) is 46.0. The molecule has 6 atom stereocenters. The number of carbonyl (C=O) groups excluding carboxylic acids is 4. The molecule has 0 unspecified atom stereocenters. The zero-order valence-electron chi connectivity index (χ0n) is 46.0. The maximum absolute atomic E-state index is 13.6. The van der Waals surface area contributed by atoms with Crippen molar-refractivity contribution >= 4 is 44.1 Å².